The highest BCUT2D eigenvalue weighted by Crippen LogP contribution is 2.24. The van der Waals surface area contributed by atoms with Gasteiger partial charge in [0.2, 0.25) is 0 Å². The number of benzene rings is 2. The summed E-state index contributed by atoms with van der Waals surface area (Å²) in [5.41, 5.74) is 3.75. The van der Waals surface area contributed by atoms with Gasteiger partial charge in [-0.15, -0.1) is 0 Å². The summed E-state index contributed by atoms with van der Waals surface area (Å²) < 4.78 is 5.25. The first kappa shape index (κ1) is 16.7. The van der Waals surface area contributed by atoms with Gasteiger partial charge in [0, 0.05) is 32.1 Å². The molecule has 4 nitrogen and oxygen atoms in total. The molecule has 0 aliphatic heterocycles. The Balaban J connectivity index is 1.89. The summed E-state index contributed by atoms with van der Waals surface area (Å²) in [6, 6.07) is 17.8. The summed E-state index contributed by atoms with van der Waals surface area (Å²) >= 11 is 0. The number of anilines is 1. The van der Waals surface area contributed by atoms with Gasteiger partial charge in [-0.25, -0.2) is 4.98 Å². The average molecular weight is 332 g/mol. The standard InChI is InChI=1S/C21H20N2O2/c1-15(24)25-20-6-4-5-17-10-12-18(22-21(17)20)11-7-16-8-13-19(14-9-16)23(2)3/h4-14H,1-3H3/b11-7+. The molecule has 0 atom stereocenters. The number of para-hydroxylation sites is 1. The number of carbonyl (C=O) groups is 1. The van der Waals surface area contributed by atoms with Crippen molar-refractivity contribution >= 4 is 34.7 Å². The number of ether oxygens (including phenoxy) is 1. The molecule has 1 aromatic heterocycles. The number of hydrogen-bond acceptors (Lipinski definition) is 4. The van der Waals surface area contributed by atoms with E-state index in [-0.39, 0.29) is 5.97 Å². The maximum absolute atomic E-state index is 11.3. The van der Waals surface area contributed by atoms with Crippen molar-refractivity contribution in [2.45, 2.75) is 6.92 Å². The van der Waals surface area contributed by atoms with Gasteiger partial charge >= 0.3 is 5.97 Å². The van der Waals surface area contributed by atoms with Crippen molar-refractivity contribution in [2.24, 2.45) is 0 Å². The van der Waals surface area contributed by atoms with Crippen LogP contribution in [0.25, 0.3) is 23.1 Å². The van der Waals surface area contributed by atoms with E-state index in [0.29, 0.717) is 11.3 Å². The molecular formula is C21H20N2O2. The van der Waals surface area contributed by atoms with Gasteiger partial charge in [-0.2, -0.15) is 0 Å². The Bertz CT molecular complexity index is 928. The van der Waals surface area contributed by atoms with E-state index < -0.39 is 0 Å². The molecule has 0 bridgehead atoms. The van der Waals surface area contributed by atoms with E-state index >= 15 is 0 Å². The van der Waals surface area contributed by atoms with Crippen LogP contribution in [0.5, 0.6) is 5.75 Å². The highest BCUT2D eigenvalue weighted by molar-refractivity contribution is 5.88. The molecule has 2 aromatic carbocycles. The van der Waals surface area contributed by atoms with Gasteiger partial charge in [0.25, 0.3) is 0 Å². The van der Waals surface area contributed by atoms with E-state index in [9.17, 15) is 4.79 Å². The van der Waals surface area contributed by atoms with Crippen LogP contribution in [-0.2, 0) is 4.79 Å². The zero-order valence-corrected chi connectivity index (χ0v) is 14.6. The number of nitrogens with zero attached hydrogens (tertiary/aromatic N) is 2. The monoisotopic (exact) mass is 332 g/mol. The number of pyridine rings is 1. The summed E-state index contributed by atoms with van der Waals surface area (Å²) in [5.74, 6) is 0.131. The third-order valence-electron chi connectivity index (χ3n) is 3.81. The molecular weight excluding hydrogens is 312 g/mol. The van der Waals surface area contributed by atoms with Crippen molar-refractivity contribution < 1.29 is 9.53 Å². The molecule has 0 fully saturated rings. The Morgan fingerprint density at radius 2 is 1.76 bits per heavy atom. The fraction of sp³-hybridized carbons (Fsp3) is 0.143. The molecule has 0 N–H and O–H groups in total. The minimum atomic E-state index is -0.351. The fourth-order valence-electron chi connectivity index (χ4n) is 2.53. The Morgan fingerprint density at radius 3 is 2.44 bits per heavy atom. The molecule has 25 heavy (non-hydrogen) atoms. The quantitative estimate of drug-likeness (QED) is 0.525. The van der Waals surface area contributed by atoms with Gasteiger partial charge in [0.05, 0.1) is 5.69 Å². The molecule has 126 valence electrons. The minimum Gasteiger partial charge on any atom is -0.424 e. The molecule has 4 heteroatoms. The lowest BCUT2D eigenvalue weighted by Crippen LogP contribution is -2.07. The number of hydrogen-bond donors (Lipinski definition) is 0. The second kappa shape index (κ2) is 7.18. The SMILES string of the molecule is CC(=O)Oc1cccc2ccc(/C=C/c3ccc(N(C)C)cc3)nc12. The third-order valence-corrected chi connectivity index (χ3v) is 3.81. The number of rotatable bonds is 4. The largest absolute Gasteiger partial charge is 0.424 e. The van der Waals surface area contributed by atoms with E-state index in [1.807, 2.05) is 50.5 Å². The van der Waals surface area contributed by atoms with Crippen molar-refractivity contribution in [1.82, 2.24) is 4.98 Å². The lowest BCUT2D eigenvalue weighted by atomic mass is 10.1. The predicted molar refractivity (Wildman–Crippen MR) is 103 cm³/mol. The Hall–Kier alpha value is -3.14. The molecule has 3 rings (SSSR count). The number of esters is 1. The van der Waals surface area contributed by atoms with Gasteiger partial charge in [-0.3, -0.25) is 4.79 Å². The third kappa shape index (κ3) is 4.04. The number of fused-ring (bicyclic) bond motifs is 1. The van der Waals surface area contributed by atoms with Crippen LogP contribution in [0.15, 0.2) is 54.6 Å². The van der Waals surface area contributed by atoms with Crippen molar-refractivity contribution in [3.63, 3.8) is 0 Å². The summed E-state index contributed by atoms with van der Waals surface area (Å²) in [4.78, 5) is 17.9. The molecule has 0 spiro atoms. The molecule has 0 saturated carbocycles. The summed E-state index contributed by atoms with van der Waals surface area (Å²) in [7, 11) is 4.04. The van der Waals surface area contributed by atoms with E-state index in [1.165, 1.54) is 6.92 Å². The maximum atomic E-state index is 11.3. The predicted octanol–water partition coefficient (Wildman–Crippen LogP) is 4.40. The molecule has 3 aromatic rings. The molecule has 0 aliphatic carbocycles. The zero-order chi connectivity index (χ0) is 17.8. The van der Waals surface area contributed by atoms with E-state index in [2.05, 4.69) is 34.1 Å². The fourth-order valence-corrected chi connectivity index (χ4v) is 2.53. The summed E-state index contributed by atoms with van der Waals surface area (Å²) in [6.45, 7) is 1.39. The molecule has 0 amide bonds. The van der Waals surface area contributed by atoms with Crippen molar-refractivity contribution in [2.75, 3.05) is 19.0 Å². The topological polar surface area (TPSA) is 42.4 Å². The second-order valence-corrected chi connectivity index (χ2v) is 5.98. The van der Waals surface area contributed by atoms with Crippen LogP contribution in [0, 0.1) is 0 Å². The first-order chi connectivity index (χ1) is 12.0. The lowest BCUT2D eigenvalue weighted by molar-refractivity contribution is -0.131. The van der Waals surface area contributed by atoms with Crippen LogP contribution in [0.4, 0.5) is 5.69 Å². The van der Waals surface area contributed by atoms with Crippen molar-refractivity contribution in [1.29, 1.82) is 0 Å². The van der Waals surface area contributed by atoms with Crippen LogP contribution in [0.1, 0.15) is 18.2 Å². The number of carbonyl (C=O) groups excluding carboxylic acids is 1. The first-order valence-corrected chi connectivity index (χ1v) is 8.06. The van der Waals surface area contributed by atoms with Crippen LogP contribution < -0.4 is 9.64 Å². The van der Waals surface area contributed by atoms with E-state index in [4.69, 9.17) is 4.74 Å². The van der Waals surface area contributed by atoms with Gasteiger partial charge in [0.1, 0.15) is 5.52 Å². The Morgan fingerprint density at radius 1 is 1.00 bits per heavy atom. The maximum Gasteiger partial charge on any atom is 0.308 e. The van der Waals surface area contributed by atoms with E-state index in [1.54, 1.807) is 6.07 Å². The Kier molecular flexibility index (Phi) is 4.80. The smallest absolute Gasteiger partial charge is 0.308 e. The van der Waals surface area contributed by atoms with Crippen molar-refractivity contribution in [3.8, 4) is 5.75 Å². The summed E-state index contributed by atoms with van der Waals surface area (Å²) in [6.07, 6.45) is 3.97. The number of aromatic nitrogens is 1. The van der Waals surface area contributed by atoms with Crippen LogP contribution >= 0.6 is 0 Å². The molecule has 0 saturated heterocycles. The average Bonchev–Trinajstić information content (AvgIpc) is 2.60. The zero-order valence-electron chi connectivity index (χ0n) is 14.6. The molecule has 0 aliphatic rings. The van der Waals surface area contributed by atoms with E-state index in [0.717, 1.165) is 22.3 Å². The van der Waals surface area contributed by atoms with Gasteiger partial charge in [-0.05, 0) is 35.9 Å². The highest BCUT2D eigenvalue weighted by atomic mass is 16.5. The second-order valence-electron chi connectivity index (χ2n) is 5.98. The van der Waals surface area contributed by atoms with Crippen LogP contribution in [-0.4, -0.2) is 25.0 Å². The van der Waals surface area contributed by atoms with Crippen LogP contribution in [0.2, 0.25) is 0 Å². The van der Waals surface area contributed by atoms with Crippen molar-refractivity contribution in [3.05, 3.63) is 65.9 Å². The first-order valence-electron chi connectivity index (χ1n) is 8.06. The van der Waals surface area contributed by atoms with Gasteiger partial charge in [-0.1, -0.05) is 36.4 Å². The molecule has 1 heterocycles. The highest BCUT2D eigenvalue weighted by Gasteiger charge is 2.06. The minimum absolute atomic E-state index is 0.351. The van der Waals surface area contributed by atoms with Crippen LogP contribution in [0.3, 0.4) is 0 Å². The Labute approximate surface area is 147 Å². The molecule has 0 unspecified atom stereocenters. The normalized spacial score (nSPS) is 11.0. The molecule has 0 radical (unpaired) electrons. The van der Waals surface area contributed by atoms with Gasteiger partial charge < -0.3 is 9.64 Å². The van der Waals surface area contributed by atoms with Gasteiger partial charge in [0.15, 0.2) is 5.75 Å². The lowest BCUT2D eigenvalue weighted by Gasteiger charge is -2.11. The summed E-state index contributed by atoms with van der Waals surface area (Å²) in [5, 5.41) is 0.936.